The Morgan fingerprint density at radius 2 is 1.91 bits per heavy atom. The predicted molar refractivity (Wildman–Crippen MR) is 88.3 cm³/mol. The summed E-state index contributed by atoms with van der Waals surface area (Å²) in [5, 5.41) is 5.95. The van der Waals surface area contributed by atoms with Crippen molar-refractivity contribution in [1.82, 2.24) is 5.32 Å². The minimum absolute atomic E-state index is 0.229. The van der Waals surface area contributed by atoms with Crippen LogP contribution < -0.4 is 15.4 Å². The quantitative estimate of drug-likeness (QED) is 0.852. The molecule has 0 bridgehead atoms. The van der Waals surface area contributed by atoms with Crippen molar-refractivity contribution < 1.29 is 9.53 Å². The maximum Gasteiger partial charge on any atom is 0.319 e. The number of nitrogens with one attached hydrogen (secondary N) is 2. The second-order valence-corrected chi connectivity index (χ2v) is 4.73. The number of halogens is 1. The molecule has 2 aromatic carbocycles. The Balaban J connectivity index is 1.82. The first-order valence-electron chi connectivity index (χ1n) is 6.61. The van der Waals surface area contributed by atoms with Crippen LogP contribution in [0.25, 0.3) is 0 Å². The van der Waals surface area contributed by atoms with Gasteiger partial charge in [-0.1, -0.05) is 35.6 Å². The van der Waals surface area contributed by atoms with Crippen molar-refractivity contribution in [2.45, 2.75) is 0 Å². The maximum absolute atomic E-state index is 11.7. The summed E-state index contributed by atoms with van der Waals surface area (Å²) in [6.45, 7) is 0.229. The summed E-state index contributed by atoms with van der Waals surface area (Å²) in [6.07, 6.45) is 0. The summed E-state index contributed by atoms with van der Waals surface area (Å²) >= 11 is 5.99. The first kappa shape index (κ1) is 15.7. The van der Waals surface area contributed by atoms with E-state index in [0.29, 0.717) is 10.7 Å². The van der Waals surface area contributed by atoms with Crippen molar-refractivity contribution in [3.05, 3.63) is 59.1 Å². The molecule has 0 aliphatic carbocycles. The molecule has 0 aromatic heterocycles. The third-order valence-corrected chi connectivity index (χ3v) is 3.11. The van der Waals surface area contributed by atoms with E-state index in [1.54, 1.807) is 37.4 Å². The Morgan fingerprint density at radius 1 is 1.18 bits per heavy atom. The molecule has 2 N–H and O–H groups in total. The number of anilines is 1. The normalized spacial score (nSPS) is 9.36. The SMILES string of the molecule is COc1ccc(NC(=O)NCC#Cc2ccccc2Cl)cc1. The van der Waals surface area contributed by atoms with Gasteiger partial charge in [0.05, 0.1) is 18.7 Å². The molecule has 0 saturated carbocycles. The Hall–Kier alpha value is -2.64. The molecule has 0 heterocycles. The molecule has 0 saturated heterocycles. The Labute approximate surface area is 134 Å². The largest absolute Gasteiger partial charge is 0.497 e. The minimum atomic E-state index is -0.321. The van der Waals surface area contributed by atoms with Crippen molar-refractivity contribution in [1.29, 1.82) is 0 Å². The number of urea groups is 1. The molecule has 2 amide bonds. The molecule has 0 aliphatic rings. The molecule has 5 heteroatoms. The van der Waals surface area contributed by atoms with Crippen molar-refractivity contribution in [2.75, 3.05) is 19.0 Å². The van der Waals surface area contributed by atoms with Gasteiger partial charge < -0.3 is 15.4 Å². The van der Waals surface area contributed by atoms with Crippen molar-refractivity contribution >= 4 is 23.3 Å². The number of carbonyl (C=O) groups is 1. The van der Waals surface area contributed by atoms with Gasteiger partial charge in [0.15, 0.2) is 0 Å². The number of carbonyl (C=O) groups excluding carboxylic acids is 1. The van der Waals surface area contributed by atoms with E-state index in [4.69, 9.17) is 16.3 Å². The lowest BCUT2D eigenvalue weighted by Gasteiger charge is -2.06. The van der Waals surface area contributed by atoms with Crippen molar-refractivity contribution in [3.63, 3.8) is 0 Å². The molecule has 4 nitrogen and oxygen atoms in total. The van der Waals surface area contributed by atoms with E-state index in [2.05, 4.69) is 22.5 Å². The number of hydrogen-bond acceptors (Lipinski definition) is 2. The second-order valence-electron chi connectivity index (χ2n) is 4.32. The smallest absolute Gasteiger partial charge is 0.319 e. The minimum Gasteiger partial charge on any atom is -0.497 e. The van der Waals surface area contributed by atoms with E-state index in [1.807, 2.05) is 18.2 Å². The maximum atomic E-state index is 11.7. The van der Waals surface area contributed by atoms with Crippen LogP contribution in [0.5, 0.6) is 5.75 Å². The summed E-state index contributed by atoms with van der Waals surface area (Å²) in [5.74, 6) is 6.49. The lowest BCUT2D eigenvalue weighted by molar-refractivity contribution is 0.253. The third-order valence-electron chi connectivity index (χ3n) is 2.78. The molecule has 0 aliphatic heterocycles. The van der Waals surface area contributed by atoms with Gasteiger partial charge in [-0.05, 0) is 36.4 Å². The Kier molecular flexibility index (Phi) is 5.70. The van der Waals surface area contributed by atoms with Crippen LogP contribution in [0.3, 0.4) is 0 Å². The van der Waals surface area contributed by atoms with Gasteiger partial charge in [0, 0.05) is 11.3 Å². The fraction of sp³-hybridized carbons (Fsp3) is 0.118. The summed E-state index contributed by atoms with van der Waals surface area (Å²) in [5.41, 5.74) is 1.42. The van der Waals surface area contributed by atoms with E-state index >= 15 is 0 Å². The van der Waals surface area contributed by atoms with E-state index in [0.717, 1.165) is 11.3 Å². The molecule has 0 fully saturated rings. The van der Waals surface area contributed by atoms with Crippen LogP contribution in [-0.2, 0) is 0 Å². The van der Waals surface area contributed by atoms with Crippen LogP contribution in [-0.4, -0.2) is 19.7 Å². The topological polar surface area (TPSA) is 50.4 Å². The zero-order chi connectivity index (χ0) is 15.8. The van der Waals surface area contributed by atoms with E-state index in [1.165, 1.54) is 0 Å². The average Bonchev–Trinajstić information content (AvgIpc) is 2.54. The number of amides is 2. The lowest BCUT2D eigenvalue weighted by Crippen LogP contribution is -2.28. The molecule has 112 valence electrons. The van der Waals surface area contributed by atoms with Gasteiger partial charge in [0.2, 0.25) is 0 Å². The van der Waals surface area contributed by atoms with Crippen LogP contribution in [0.4, 0.5) is 10.5 Å². The number of hydrogen-bond donors (Lipinski definition) is 2. The zero-order valence-corrected chi connectivity index (χ0v) is 12.8. The van der Waals surface area contributed by atoms with Crippen LogP contribution >= 0.6 is 11.6 Å². The fourth-order valence-electron chi connectivity index (χ4n) is 1.68. The van der Waals surface area contributed by atoms with Gasteiger partial charge in [-0.2, -0.15) is 0 Å². The van der Waals surface area contributed by atoms with E-state index < -0.39 is 0 Å². The molecular formula is C17H15ClN2O2. The lowest BCUT2D eigenvalue weighted by atomic mass is 10.2. The molecule has 0 atom stereocenters. The summed E-state index contributed by atoms with van der Waals surface area (Å²) < 4.78 is 5.05. The number of methoxy groups -OCH3 is 1. The number of rotatable bonds is 3. The van der Waals surface area contributed by atoms with Gasteiger partial charge in [-0.25, -0.2) is 4.79 Å². The van der Waals surface area contributed by atoms with Gasteiger partial charge >= 0.3 is 6.03 Å². The van der Waals surface area contributed by atoms with E-state index in [9.17, 15) is 4.79 Å². The molecule has 2 rings (SSSR count). The highest BCUT2D eigenvalue weighted by Crippen LogP contribution is 2.14. The standard InChI is InChI=1S/C17H15ClN2O2/c1-22-15-10-8-14(9-11-15)20-17(21)19-12-4-6-13-5-2-3-7-16(13)18/h2-3,5,7-11H,12H2,1H3,(H2,19,20,21). The average molecular weight is 315 g/mol. The molecule has 22 heavy (non-hydrogen) atoms. The van der Waals surface area contributed by atoms with Crippen molar-refractivity contribution in [2.24, 2.45) is 0 Å². The highest BCUT2D eigenvalue weighted by molar-refractivity contribution is 6.31. The first-order chi connectivity index (χ1) is 10.7. The zero-order valence-electron chi connectivity index (χ0n) is 12.0. The Morgan fingerprint density at radius 3 is 2.59 bits per heavy atom. The molecule has 0 unspecified atom stereocenters. The summed E-state index contributed by atoms with van der Waals surface area (Å²) in [6, 6.07) is 14.0. The van der Waals surface area contributed by atoms with Crippen LogP contribution in [0, 0.1) is 11.8 Å². The van der Waals surface area contributed by atoms with Crippen molar-refractivity contribution in [3.8, 4) is 17.6 Å². The monoisotopic (exact) mass is 314 g/mol. The predicted octanol–water partition coefficient (Wildman–Crippen LogP) is 3.52. The van der Waals surface area contributed by atoms with Gasteiger partial charge in [0.1, 0.15) is 5.75 Å². The number of ether oxygens (including phenoxy) is 1. The van der Waals surface area contributed by atoms with Crippen LogP contribution in [0.2, 0.25) is 5.02 Å². The highest BCUT2D eigenvalue weighted by Gasteiger charge is 2.00. The van der Waals surface area contributed by atoms with Gasteiger partial charge in [-0.15, -0.1) is 0 Å². The van der Waals surface area contributed by atoms with Crippen LogP contribution in [0.15, 0.2) is 48.5 Å². The highest BCUT2D eigenvalue weighted by atomic mass is 35.5. The summed E-state index contributed by atoms with van der Waals surface area (Å²) in [4.78, 5) is 11.7. The second kappa shape index (κ2) is 7.96. The molecular weight excluding hydrogens is 300 g/mol. The fourth-order valence-corrected chi connectivity index (χ4v) is 1.86. The van der Waals surface area contributed by atoms with Gasteiger partial charge in [-0.3, -0.25) is 0 Å². The number of benzene rings is 2. The third kappa shape index (κ3) is 4.72. The molecule has 0 radical (unpaired) electrons. The Bertz CT molecular complexity index is 703. The molecule has 0 spiro atoms. The van der Waals surface area contributed by atoms with Gasteiger partial charge in [0.25, 0.3) is 0 Å². The summed E-state index contributed by atoms with van der Waals surface area (Å²) in [7, 11) is 1.59. The first-order valence-corrected chi connectivity index (χ1v) is 6.99. The van der Waals surface area contributed by atoms with E-state index in [-0.39, 0.29) is 12.6 Å². The molecule has 2 aromatic rings. The van der Waals surface area contributed by atoms with Crippen LogP contribution in [0.1, 0.15) is 5.56 Å².